The van der Waals surface area contributed by atoms with Crippen LogP contribution in [0.4, 0.5) is 8.78 Å². The molecule has 0 spiro atoms. The number of carbonyl (C=O) groups is 1. The molecule has 25 heavy (non-hydrogen) atoms. The van der Waals surface area contributed by atoms with Gasteiger partial charge in [-0.25, -0.2) is 0 Å². The second-order valence-corrected chi connectivity index (χ2v) is 5.24. The standard InChI is InChI=1S/C19H15F2NO3/c20-19(21)25-15-10-8-14(9-11-15)18(23)22-17(16-7-4-12-24-16)13-5-2-1-3-6-13/h1-12,17,19H,(H,22,23)/t17-/m0/s1. The van der Waals surface area contributed by atoms with Crippen LogP contribution in [0.2, 0.25) is 0 Å². The Morgan fingerprint density at radius 1 is 0.960 bits per heavy atom. The van der Waals surface area contributed by atoms with Gasteiger partial charge in [0.15, 0.2) is 0 Å². The number of rotatable bonds is 6. The van der Waals surface area contributed by atoms with E-state index in [1.165, 1.54) is 30.5 Å². The molecule has 1 atom stereocenters. The molecule has 0 saturated carbocycles. The largest absolute Gasteiger partial charge is 0.467 e. The molecule has 0 saturated heterocycles. The molecule has 0 radical (unpaired) electrons. The number of furan rings is 1. The Morgan fingerprint density at radius 2 is 1.68 bits per heavy atom. The predicted octanol–water partition coefficient (Wildman–Crippen LogP) is 4.40. The minimum atomic E-state index is -2.90. The van der Waals surface area contributed by atoms with E-state index in [1.807, 2.05) is 30.3 Å². The van der Waals surface area contributed by atoms with Gasteiger partial charge in [-0.1, -0.05) is 30.3 Å². The molecule has 1 amide bonds. The van der Waals surface area contributed by atoms with Crippen LogP contribution in [0.1, 0.15) is 27.7 Å². The SMILES string of the molecule is O=C(N[C@@H](c1ccccc1)c1ccco1)c1ccc(OC(F)F)cc1. The van der Waals surface area contributed by atoms with Crippen LogP contribution in [0.15, 0.2) is 77.4 Å². The van der Waals surface area contributed by atoms with Crippen molar-refractivity contribution in [3.63, 3.8) is 0 Å². The first-order valence-corrected chi connectivity index (χ1v) is 7.57. The molecule has 1 aromatic heterocycles. The van der Waals surface area contributed by atoms with Gasteiger partial charge in [0, 0.05) is 5.56 Å². The second kappa shape index (κ2) is 7.61. The molecular weight excluding hydrogens is 328 g/mol. The fraction of sp³-hybridized carbons (Fsp3) is 0.105. The van der Waals surface area contributed by atoms with Crippen LogP contribution in [0.5, 0.6) is 5.75 Å². The third-order valence-electron chi connectivity index (χ3n) is 3.58. The van der Waals surface area contributed by atoms with Crippen LogP contribution in [-0.2, 0) is 0 Å². The number of halogens is 2. The Kier molecular flexibility index (Phi) is 5.09. The summed E-state index contributed by atoms with van der Waals surface area (Å²) < 4.78 is 34.1. The third-order valence-corrected chi connectivity index (χ3v) is 3.58. The van der Waals surface area contributed by atoms with Gasteiger partial charge in [-0.2, -0.15) is 8.78 Å². The number of carbonyl (C=O) groups excluding carboxylic acids is 1. The van der Waals surface area contributed by atoms with Gasteiger partial charge < -0.3 is 14.5 Å². The van der Waals surface area contributed by atoms with Gasteiger partial charge in [-0.15, -0.1) is 0 Å². The first-order chi connectivity index (χ1) is 12.1. The summed E-state index contributed by atoms with van der Waals surface area (Å²) in [6.45, 7) is -2.90. The van der Waals surface area contributed by atoms with Crippen LogP contribution in [0.25, 0.3) is 0 Å². The second-order valence-electron chi connectivity index (χ2n) is 5.24. The van der Waals surface area contributed by atoms with Gasteiger partial charge in [0.1, 0.15) is 17.6 Å². The summed E-state index contributed by atoms with van der Waals surface area (Å²) in [5.41, 5.74) is 1.19. The third kappa shape index (κ3) is 4.23. The van der Waals surface area contributed by atoms with Crippen molar-refractivity contribution < 1.29 is 22.7 Å². The van der Waals surface area contributed by atoms with Gasteiger partial charge in [-0.05, 0) is 42.0 Å². The molecule has 3 aromatic rings. The Hall–Kier alpha value is -3.15. The summed E-state index contributed by atoms with van der Waals surface area (Å²) in [4.78, 5) is 12.5. The van der Waals surface area contributed by atoms with Crippen molar-refractivity contribution in [2.75, 3.05) is 0 Å². The molecule has 0 fully saturated rings. The number of benzene rings is 2. The quantitative estimate of drug-likeness (QED) is 0.722. The van der Waals surface area contributed by atoms with E-state index < -0.39 is 12.7 Å². The van der Waals surface area contributed by atoms with E-state index in [0.29, 0.717) is 11.3 Å². The molecule has 3 rings (SSSR count). The number of amides is 1. The molecule has 2 aromatic carbocycles. The lowest BCUT2D eigenvalue weighted by molar-refractivity contribution is -0.0498. The zero-order valence-electron chi connectivity index (χ0n) is 13.1. The lowest BCUT2D eigenvalue weighted by atomic mass is 10.0. The monoisotopic (exact) mass is 343 g/mol. The van der Waals surface area contributed by atoms with Crippen molar-refractivity contribution in [3.05, 3.63) is 89.9 Å². The van der Waals surface area contributed by atoms with Crippen LogP contribution < -0.4 is 10.1 Å². The molecule has 1 heterocycles. The highest BCUT2D eigenvalue weighted by Gasteiger charge is 2.20. The Bertz CT molecular complexity index is 802. The smallest absolute Gasteiger partial charge is 0.387 e. The van der Waals surface area contributed by atoms with Crippen molar-refractivity contribution in [3.8, 4) is 5.75 Å². The van der Waals surface area contributed by atoms with Crippen LogP contribution in [-0.4, -0.2) is 12.5 Å². The number of alkyl halides is 2. The molecule has 4 nitrogen and oxygen atoms in total. The molecule has 6 heteroatoms. The minimum Gasteiger partial charge on any atom is -0.467 e. The minimum absolute atomic E-state index is 0.00260. The number of ether oxygens (including phenoxy) is 1. The molecule has 0 aliphatic heterocycles. The number of nitrogens with one attached hydrogen (secondary N) is 1. The zero-order valence-corrected chi connectivity index (χ0v) is 13.1. The van der Waals surface area contributed by atoms with Crippen LogP contribution in [0.3, 0.4) is 0 Å². The molecule has 0 bridgehead atoms. The van der Waals surface area contributed by atoms with E-state index in [4.69, 9.17) is 4.42 Å². The molecule has 0 unspecified atom stereocenters. The highest BCUT2D eigenvalue weighted by molar-refractivity contribution is 5.94. The van der Waals surface area contributed by atoms with E-state index in [-0.39, 0.29) is 11.7 Å². The Morgan fingerprint density at radius 3 is 2.28 bits per heavy atom. The molecule has 128 valence electrons. The Labute approximate surface area is 143 Å². The fourth-order valence-electron chi connectivity index (χ4n) is 2.42. The zero-order chi connectivity index (χ0) is 17.6. The van der Waals surface area contributed by atoms with Crippen molar-refractivity contribution in [2.45, 2.75) is 12.7 Å². The van der Waals surface area contributed by atoms with E-state index in [2.05, 4.69) is 10.1 Å². The lowest BCUT2D eigenvalue weighted by Crippen LogP contribution is -2.29. The molecular formula is C19H15F2NO3. The van der Waals surface area contributed by atoms with Crippen molar-refractivity contribution in [1.82, 2.24) is 5.32 Å². The van der Waals surface area contributed by atoms with Crippen LogP contribution >= 0.6 is 0 Å². The van der Waals surface area contributed by atoms with Gasteiger partial charge in [0.2, 0.25) is 0 Å². The summed E-state index contributed by atoms with van der Waals surface area (Å²) in [6, 6.07) is 18.0. The fourth-order valence-corrected chi connectivity index (χ4v) is 2.42. The van der Waals surface area contributed by atoms with Gasteiger partial charge >= 0.3 is 6.61 Å². The number of hydrogen-bond donors (Lipinski definition) is 1. The van der Waals surface area contributed by atoms with E-state index >= 15 is 0 Å². The van der Waals surface area contributed by atoms with Gasteiger partial charge in [0.05, 0.1) is 6.26 Å². The van der Waals surface area contributed by atoms with Crippen molar-refractivity contribution in [2.24, 2.45) is 0 Å². The summed E-state index contributed by atoms with van der Waals surface area (Å²) in [7, 11) is 0. The first kappa shape index (κ1) is 16.7. The molecule has 1 N–H and O–H groups in total. The molecule has 0 aliphatic rings. The highest BCUT2D eigenvalue weighted by atomic mass is 19.3. The normalized spacial score (nSPS) is 12.0. The summed E-state index contributed by atoms with van der Waals surface area (Å²) >= 11 is 0. The van der Waals surface area contributed by atoms with Crippen molar-refractivity contribution in [1.29, 1.82) is 0 Å². The lowest BCUT2D eigenvalue weighted by Gasteiger charge is -2.17. The van der Waals surface area contributed by atoms with Crippen molar-refractivity contribution >= 4 is 5.91 Å². The van der Waals surface area contributed by atoms with E-state index in [0.717, 1.165) is 5.56 Å². The maximum absolute atomic E-state index is 12.5. The Balaban J connectivity index is 1.79. The number of hydrogen-bond acceptors (Lipinski definition) is 3. The highest BCUT2D eigenvalue weighted by Crippen LogP contribution is 2.23. The topological polar surface area (TPSA) is 51.5 Å². The predicted molar refractivity (Wildman–Crippen MR) is 87.5 cm³/mol. The van der Waals surface area contributed by atoms with Gasteiger partial charge in [0.25, 0.3) is 5.91 Å². The van der Waals surface area contributed by atoms with Gasteiger partial charge in [-0.3, -0.25) is 4.79 Å². The van der Waals surface area contributed by atoms with E-state index in [9.17, 15) is 13.6 Å². The molecule has 0 aliphatic carbocycles. The van der Waals surface area contributed by atoms with E-state index in [1.54, 1.807) is 12.1 Å². The average Bonchev–Trinajstić information content (AvgIpc) is 3.14. The average molecular weight is 343 g/mol. The summed E-state index contributed by atoms with van der Waals surface area (Å²) in [5.74, 6) is 0.239. The summed E-state index contributed by atoms with van der Waals surface area (Å²) in [5, 5.41) is 2.89. The van der Waals surface area contributed by atoms with Crippen LogP contribution in [0, 0.1) is 0 Å². The first-order valence-electron chi connectivity index (χ1n) is 7.57. The summed E-state index contributed by atoms with van der Waals surface area (Å²) in [6.07, 6.45) is 1.54. The maximum Gasteiger partial charge on any atom is 0.387 e. The maximum atomic E-state index is 12.5.